The number of benzene rings is 3. The fraction of sp³-hybridized carbons (Fsp3) is 0.0833. The monoisotopic (exact) mass is 417 g/mol. The minimum Gasteiger partial charge on any atom is -0.399 e. The second-order valence-electron chi connectivity index (χ2n) is 6.57. The highest BCUT2D eigenvalue weighted by atomic mass is 35.5. The number of hydrogen-bond acceptors (Lipinski definition) is 3. The van der Waals surface area contributed by atoms with E-state index in [2.05, 4.69) is 11.2 Å². The van der Waals surface area contributed by atoms with E-state index in [0.717, 1.165) is 5.56 Å². The topological polar surface area (TPSA) is 75.4 Å². The van der Waals surface area contributed by atoms with Crippen molar-refractivity contribution in [3.05, 3.63) is 95.0 Å². The van der Waals surface area contributed by atoms with Gasteiger partial charge in [0.2, 0.25) is 5.91 Å². The van der Waals surface area contributed by atoms with Crippen LogP contribution in [0.3, 0.4) is 0 Å². The van der Waals surface area contributed by atoms with Crippen molar-refractivity contribution in [2.45, 2.75) is 12.6 Å². The molecule has 6 heteroatoms. The molecule has 2 amide bonds. The predicted molar refractivity (Wildman–Crippen MR) is 120 cm³/mol. The van der Waals surface area contributed by atoms with Gasteiger partial charge in [0.15, 0.2) is 0 Å². The number of hydrogen-bond donors (Lipinski definition) is 2. The van der Waals surface area contributed by atoms with E-state index in [4.69, 9.17) is 23.8 Å². The summed E-state index contributed by atoms with van der Waals surface area (Å²) in [5.74, 6) is 1.08. The third kappa shape index (κ3) is 4.99. The molecule has 1 unspecified atom stereocenters. The fourth-order valence-corrected chi connectivity index (χ4v) is 3.21. The summed E-state index contributed by atoms with van der Waals surface area (Å²) in [6.07, 6.45) is 5.43. The Balaban J connectivity index is 2.02. The van der Waals surface area contributed by atoms with Crippen LogP contribution >= 0.6 is 11.6 Å². The normalized spacial score (nSPS) is 11.2. The lowest BCUT2D eigenvalue weighted by Gasteiger charge is -2.30. The molecule has 0 fully saturated rings. The molecule has 0 aliphatic carbocycles. The maximum Gasteiger partial charge on any atom is 0.303 e. The number of rotatable bonds is 6. The van der Waals surface area contributed by atoms with E-state index >= 15 is 0 Å². The molecule has 0 saturated carbocycles. The SMILES string of the molecule is C#CC(=O)N(c1ccc(Cl)cc1)C(C(=O)NCc1ccccc1)c1cccc(N)c1. The molecule has 0 saturated heterocycles. The molecule has 5 nitrogen and oxygen atoms in total. The number of carbonyl (C=O) groups is 2. The Morgan fingerprint density at radius 2 is 1.73 bits per heavy atom. The molecule has 0 aliphatic heterocycles. The summed E-state index contributed by atoms with van der Waals surface area (Å²) in [6, 6.07) is 21.8. The van der Waals surface area contributed by atoms with Crippen LogP contribution in [0, 0.1) is 12.3 Å². The van der Waals surface area contributed by atoms with Crippen LogP contribution in [-0.4, -0.2) is 11.8 Å². The number of anilines is 2. The van der Waals surface area contributed by atoms with E-state index in [-0.39, 0.29) is 5.91 Å². The lowest BCUT2D eigenvalue weighted by atomic mass is 10.0. The van der Waals surface area contributed by atoms with Crippen LogP contribution in [0.4, 0.5) is 11.4 Å². The summed E-state index contributed by atoms with van der Waals surface area (Å²) in [4.78, 5) is 27.3. The summed E-state index contributed by atoms with van der Waals surface area (Å²) >= 11 is 5.99. The second kappa shape index (κ2) is 9.64. The van der Waals surface area contributed by atoms with Crippen LogP contribution in [0.1, 0.15) is 17.2 Å². The molecule has 0 aliphatic rings. The molecule has 0 radical (unpaired) electrons. The first-order valence-corrected chi connectivity index (χ1v) is 9.60. The average molecular weight is 418 g/mol. The van der Waals surface area contributed by atoms with Gasteiger partial charge < -0.3 is 11.1 Å². The van der Waals surface area contributed by atoms with E-state index in [0.29, 0.717) is 28.5 Å². The van der Waals surface area contributed by atoms with Gasteiger partial charge in [-0.05, 0) is 53.4 Å². The van der Waals surface area contributed by atoms with Crippen molar-refractivity contribution in [1.29, 1.82) is 0 Å². The van der Waals surface area contributed by atoms with Gasteiger partial charge in [-0.2, -0.15) is 0 Å². The molecule has 0 spiro atoms. The van der Waals surface area contributed by atoms with E-state index in [1.54, 1.807) is 48.5 Å². The van der Waals surface area contributed by atoms with Crippen LogP contribution < -0.4 is 16.0 Å². The van der Waals surface area contributed by atoms with E-state index in [9.17, 15) is 9.59 Å². The van der Waals surface area contributed by atoms with Gasteiger partial charge in [-0.3, -0.25) is 14.5 Å². The van der Waals surface area contributed by atoms with Crippen LogP contribution in [0.15, 0.2) is 78.9 Å². The van der Waals surface area contributed by atoms with E-state index in [1.165, 1.54) is 4.90 Å². The summed E-state index contributed by atoms with van der Waals surface area (Å²) < 4.78 is 0. The second-order valence-corrected chi connectivity index (χ2v) is 7.01. The van der Waals surface area contributed by atoms with Crippen molar-refractivity contribution in [2.75, 3.05) is 10.6 Å². The number of amides is 2. The highest BCUT2D eigenvalue weighted by molar-refractivity contribution is 6.30. The number of halogens is 1. The zero-order valence-corrected chi connectivity index (χ0v) is 16.8. The fourth-order valence-electron chi connectivity index (χ4n) is 3.08. The first-order valence-electron chi connectivity index (χ1n) is 9.22. The summed E-state index contributed by atoms with van der Waals surface area (Å²) in [5, 5.41) is 3.39. The lowest BCUT2D eigenvalue weighted by Crippen LogP contribution is -2.43. The van der Waals surface area contributed by atoms with Crippen molar-refractivity contribution in [3.63, 3.8) is 0 Å². The molecule has 30 heavy (non-hydrogen) atoms. The van der Waals surface area contributed by atoms with Gasteiger partial charge >= 0.3 is 5.91 Å². The molecule has 0 aromatic heterocycles. The quantitative estimate of drug-likeness (QED) is 0.471. The summed E-state index contributed by atoms with van der Waals surface area (Å²) in [7, 11) is 0. The Kier molecular flexibility index (Phi) is 6.74. The first kappa shape index (κ1) is 21.0. The number of nitrogens with two attached hydrogens (primary N) is 1. The largest absolute Gasteiger partial charge is 0.399 e. The smallest absolute Gasteiger partial charge is 0.303 e. The van der Waals surface area contributed by atoms with Crippen molar-refractivity contribution < 1.29 is 9.59 Å². The third-order valence-electron chi connectivity index (χ3n) is 4.49. The average Bonchev–Trinajstić information content (AvgIpc) is 2.77. The van der Waals surface area contributed by atoms with Crippen LogP contribution in [0.25, 0.3) is 0 Å². The molecular weight excluding hydrogens is 398 g/mol. The third-order valence-corrected chi connectivity index (χ3v) is 4.74. The molecule has 0 bridgehead atoms. The molecule has 3 N–H and O–H groups in total. The highest BCUT2D eigenvalue weighted by Gasteiger charge is 2.32. The standard InChI is InChI=1S/C24H20ClN3O2/c1-2-22(29)28(21-13-11-19(25)12-14-21)23(18-9-6-10-20(26)15-18)24(30)27-16-17-7-4-3-5-8-17/h1,3-15,23H,16,26H2,(H,27,30). The predicted octanol–water partition coefficient (Wildman–Crippen LogP) is 3.95. The number of nitrogens with one attached hydrogen (secondary N) is 1. The molecule has 3 aromatic rings. The minimum atomic E-state index is -1.01. The van der Waals surface area contributed by atoms with Crippen molar-refractivity contribution in [3.8, 4) is 12.3 Å². The molecule has 3 aromatic carbocycles. The van der Waals surface area contributed by atoms with Crippen molar-refractivity contribution in [1.82, 2.24) is 5.32 Å². The molecular formula is C24H20ClN3O2. The molecule has 1 atom stereocenters. The maximum absolute atomic E-state index is 13.3. The highest BCUT2D eigenvalue weighted by Crippen LogP contribution is 2.30. The Labute approximate surface area is 180 Å². The molecule has 150 valence electrons. The molecule has 0 heterocycles. The van der Waals surface area contributed by atoms with Crippen LogP contribution in [0.2, 0.25) is 5.02 Å². The van der Waals surface area contributed by atoms with Gasteiger partial charge in [-0.25, -0.2) is 0 Å². The van der Waals surface area contributed by atoms with Gasteiger partial charge in [0.1, 0.15) is 6.04 Å². The Morgan fingerprint density at radius 3 is 2.37 bits per heavy atom. The summed E-state index contributed by atoms with van der Waals surface area (Å²) in [6.45, 7) is 0.303. The van der Waals surface area contributed by atoms with Crippen LogP contribution in [0.5, 0.6) is 0 Å². The Hall–Kier alpha value is -3.75. The van der Waals surface area contributed by atoms with Gasteiger partial charge in [0.25, 0.3) is 0 Å². The lowest BCUT2D eigenvalue weighted by molar-refractivity contribution is -0.125. The Morgan fingerprint density at radius 1 is 1.03 bits per heavy atom. The molecule has 3 rings (SSSR count). The Bertz CT molecular complexity index is 1080. The minimum absolute atomic E-state index is 0.303. The van der Waals surface area contributed by atoms with Crippen molar-refractivity contribution >= 4 is 34.8 Å². The number of carbonyl (C=O) groups excluding carboxylic acids is 2. The van der Waals surface area contributed by atoms with E-state index < -0.39 is 11.9 Å². The van der Waals surface area contributed by atoms with Gasteiger partial charge in [0.05, 0.1) is 0 Å². The number of nitrogen functional groups attached to an aromatic ring is 1. The van der Waals surface area contributed by atoms with Gasteiger partial charge in [-0.1, -0.05) is 54.1 Å². The van der Waals surface area contributed by atoms with Crippen LogP contribution in [-0.2, 0) is 16.1 Å². The van der Waals surface area contributed by atoms with Gasteiger partial charge in [-0.15, -0.1) is 6.42 Å². The zero-order chi connectivity index (χ0) is 21.5. The van der Waals surface area contributed by atoms with Gasteiger partial charge in [0, 0.05) is 22.9 Å². The summed E-state index contributed by atoms with van der Waals surface area (Å²) in [5.41, 5.74) is 8.32. The zero-order valence-electron chi connectivity index (χ0n) is 16.1. The number of terminal acetylenes is 1. The van der Waals surface area contributed by atoms with Crippen molar-refractivity contribution in [2.24, 2.45) is 0 Å². The number of nitrogens with zero attached hydrogens (tertiary/aromatic N) is 1. The van der Waals surface area contributed by atoms with E-state index in [1.807, 2.05) is 30.3 Å². The maximum atomic E-state index is 13.3. The first-order chi connectivity index (χ1) is 14.5.